The van der Waals surface area contributed by atoms with Crippen LogP contribution in [0.5, 0.6) is 0 Å². The minimum Gasteiger partial charge on any atom is -0.480 e. The first-order chi connectivity index (χ1) is 14.7. The van der Waals surface area contributed by atoms with Crippen molar-refractivity contribution >= 4 is 23.5 Å². The highest BCUT2D eigenvalue weighted by molar-refractivity contribution is 6.06. The topological polar surface area (TPSA) is 121 Å². The maximum Gasteiger partial charge on any atom is 0.326 e. The van der Waals surface area contributed by atoms with E-state index < -0.39 is 35.3 Å². The molecule has 1 aromatic carbocycles. The average Bonchev–Trinajstić information content (AvgIpc) is 2.89. The van der Waals surface area contributed by atoms with Gasteiger partial charge in [-0.15, -0.1) is 0 Å². The number of aliphatic carboxylic acids is 1. The number of carbonyl (C=O) groups is 3. The molecule has 0 bridgehead atoms. The van der Waals surface area contributed by atoms with E-state index in [1.54, 1.807) is 48.6 Å². The van der Waals surface area contributed by atoms with E-state index >= 15 is 0 Å². The van der Waals surface area contributed by atoms with Crippen molar-refractivity contribution < 1.29 is 29.0 Å². The monoisotopic (exact) mass is 447 g/mol. The molecular weight excluding hydrogens is 417 g/mol. The normalized spacial score (nSPS) is 13.4. The molecule has 2 aromatic rings. The Labute approximate surface area is 186 Å². The first-order valence-corrected chi connectivity index (χ1v) is 10.1. The van der Waals surface area contributed by atoms with E-state index in [0.29, 0.717) is 22.5 Å². The van der Waals surface area contributed by atoms with Crippen molar-refractivity contribution in [2.75, 3.05) is 5.32 Å². The van der Waals surface area contributed by atoms with E-state index in [1.165, 1.54) is 22.8 Å². The fraction of sp³-hybridized carbons (Fsp3) is 0.435. The minimum atomic E-state index is -1.68. The number of nitrogens with one attached hydrogen (secondary N) is 2. The van der Waals surface area contributed by atoms with Crippen LogP contribution in [0.25, 0.3) is 0 Å². The molecule has 8 nitrogen and oxygen atoms in total. The van der Waals surface area contributed by atoms with Gasteiger partial charge in [0.05, 0.1) is 11.3 Å². The number of halogens is 1. The summed E-state index contributed by atoms with van der Waals surface area (Å²) in [6.07, 6.45) is -1.68. The Morgan fingerprint density at radius 3 is 2.22 bits per heavy atom. The Hall–Kier alpha value is -3.20. The van der Waals surface area contributed by atoms with Crippen molar-refractivity contribution in [1.29, 1.82) is 0 Å². The van der Waals surface area contributed by atoms with Crippen molar-refractivity contribution in [3.63, 3.8) is 0 Å². The number of aryl methyl sites for hydroxylation is 1. The number of aliphatic hydroxyl groups is 1. The summed E-state index contributed by atoms with van der Waals surface area (Å²) in [5.41, 5.74) is 1.34. The Morgan fingerprint density at radius 2 is 1.72 bits per heavy atom. The van der Waals surface area contributed by atoms with Crippen LogP contribution >= 0.6 is 0 Å². The predicted octanol–water partition coefficient (Wildman–Crippen LogP) is 2.99. The Balaban J connectivity index is 2.35. The number of rotatable bonds is 6. The number of benzene rings is 1. The van der Waals surface area contributed by atoms with Crippen LogP contribution in [-0.2, 0) is 16.6 Å². The van der Waals surface area contributed by atoms with Gasteiger partial charge in [0.15, 0.2) is 6.10 Å². The molecule has 4 N–H and O–H groups in total. The lowest BCUT2D eigenvalue weighted by molar-refractivity contribution is -0.146. The van der Waals surface area contributed by atoms with E-state index in [-0.39, 0.29) is 17.1 Å². The first kappa shape index (κ1) is 25.1. The van der Waals surface area contributed by atoms with Gasteiger partial charge in [0.1, 0.15) is 11.9 Å². The molecule has 2 amide bonds. The number of amides is 2. The Bertz CT molecular complexity index is 1070. The van der Waals surface area contributed by atoms with Crippen molar-refractivity contribution in [3.8, 4) is 0 Å². The summed E-state index contributed by atoms with van der Waals surface area (Å²) in [7, 11) is 1.60. The Kier molecular flexibility index (Phi) is 7.14. The smallest absolute Gasteiger partial charge is 0.326 e. The third-order valence-corrected chi connectivity index (χ3v) is 5.54. The van der Waals surface area contributed by atoms with Crippen LogP contribution in [0.4, 0.5) is 10.1 Å². The standard InChI is InChI=1S/C23H30FN3O5/c1-11-10-14(8-9-15(11)24)25-20(29)16-12(2)17(27(7)13(16)3)18(28)21(30)26-19(22(31)32)23(4,5)6/h8-10,18-19,28H,1-7H3,(H,25,29)(H,26,30)(H,31,32)/t18?,19-/m0/s1. The molecule has 0 saturated heterocycles. The number of hydrogen-bond acceptors (Lipinski definition) is 4. The molecule has 0 aliphatic heterocycles. The molecule has 2 atom stereocenters. The highest BCUT2D eigenvalue weighted by Gasteiger charge is 2.36. The number of carboxylic acids is 1. The number of nitrogens with zero attached hydrogens (tertiary/aromatic N) is 1. The van der Waals surface area contributed by atoms with E-state index in [1.807, 2.05) is 0 Å². The van der Waals surface area contributed by atoms with Crippen LogP contribution in [0.2, 0.25) is 0 Å². The second-order valence-corrected chi connectivity index (χ2v) is 9.00. The SMILES string of the molecule is Cc1cc(NC(=O)c2c(C)c(C(O)C(=O)N[C@@H](C(=O)O)C(C)(C)C)n(C)c2C)ccc1F. The summed E-state index contributed by atoms with van der Waals surface area (Å²) < 4.78 is 15.0. The van der Waals surface area contributed by atoms with Gasteiger partial charge in [-0.05, 0) is 55.5 Å². The molecule has 0 saturated carbocycles. The maximum absolute atomic E-state index is 13.5. The number of anilines is 1. The zero-order valence-corrected chi connectivity index (χ0v) is 19.3. The lowest BCUT2D eigenvalue weighted by Gasteiger charge is -2.28. The molecule has 1 unspecified atom stereocenters. The summed E-state index contributed by atoms with van der Waals surface area (Å²) in [6, 6.07) is 2.98. The van der Waals surface area contributed by atoms with Gasteiger partial charge in [0.25, 0.3) is 11.8 Å². The van der Waals surface area contributed by atoms with E-state index in [2.05, 4.69) is 10.6 Å². The summed E-state index contributed by atoms with van der Waals surface area (Å²) >= 11 is 0. The molecule has 0 aliphatic carbocycles. The van der Waals surface area contributed by atoms with Crippen molar-refractivity contribution in [1.82, 2.24) is 9.88 Å². The van der Waals surface area contributed by atoms with E-state index in [0.717, 1.165) is 0 Å². The zero-order chi connectivity index (χ0) is 24.5. The van der Waals surface area contributed by atoms with Crippen LogP contribution in [0, 0.1) is 32.0 Å². The molecule has 2 rings (SSSR count). The highest BCUT2D eigenvalue weighted by Crippen LogP contribution is 2.28. The largest absolute Gasteiger partial charge is 0.480 e. The van der Waals surface area contributed by atoms with Crippen LogP contribution in [-0.4, -0.2) is 38.6 Å². The second kappa shape index (κ2) is 9.12. The summed E-state index contributed by atoms with van der Waals surface area (Å²) in [6.45, 7) is 9.84. The Morgan fingerprint density at radius 1 is 1.12 bits per heavy atom. The average molecular weight is 448 g/mol. The number of hydrogen-bond donors (Lipinski definition) is 4. The van der Waals surface area contributed by atoms with Gasteiger partial charge in [0.2, 0.25) is 0 Å². The van der Waals surface area contributed by atoms with Gasteiger partial charge in [-0.25, -0.2) is 9.18 Å². The molecule has 0 aliphatic rings. The molecule has 1 heterocycles. The number of carbonyl (C=O) groups excluding carboxylic acids is 2. The lowest BCUT2D eigenvalue weighted by Crippen LogP contribution is -2.50. The molecule has 9 heteroatoms. The number of carboxylic acid groups (broad SMARTS) is 1. The first-order valence-electron chi connectivity index (χ1n) is 10.1. The summed E-state index contributed by atoms with van der Waals surface area (Å²) in [5.74, 6) is -2.95. The number of aliphatic hydroxyl groups excluding tert-OH is 1. The summed E-state index contributed by atoms with van der Waals surface area (Å²) in [4.78, 5) is 37.2. The van der Waals surface area contributed by atoms with Gasteiger partial charge < -0.3 is 25.4 Å². The molecule has 0 fully saturated rings. The fourth-order valence-electron chi connectivity index (χ4n) is 3.63. The van der Waals surface area contributed by atoms with Gasteiger partial charge in [-0.2, -0.15) is 0 Å². The molecule has 1 aromatic heterocycles. The molecule has 32 heavy (non-hydrogen) atoms. The van der Waals surface area contributed by atoms with Crippen LogP contribution in [0.1, 0.15) is 59.7 Å². The van der Waals surface area contributed by atoms with Gasteiger partial charge in [-0.3, -0.25) is 9.59 Å². The van der Waals surface area contributed by atoms with Gasteiger partial charge >= 0.3 is 5.97 Å². The van der Waals surface area contributed by atoms with Crippen molar-refractivity contribution in [2.45, 2.75) is 53.7 Å². The van der Waals surface area contributed by atoms with E-state index in [9.17, 15) is 29.0 Å². The zero-order valence-electron chi connectivity index (χ0n) is 19.3. The molecule has 174 valence electrons. The highest BCUT2D eigenvalue weighted by atomic mass is 19.1. The number of aromatic nitrogens is 1. The molecule has 0 radical (unpaired) electrons. The van der Waals surface area contributed by atoms with Crippen molar-refractivity contribution in [3.05, 3.63) is 52.1 Å². The van der Waals surface area contributed by atoms with Crippen LogP contribution < -0.4 is 10.6 Å². The van der Waals surface area contributed by atoms with Crippen LogP contribution in [0.15, 0.2) is 18.2 Å². The maximum atomic E-state index is 13.5. The minimum absolute atomic E-state index is 0.179. The lowest BCUT2D eigenvalue weighted by atomic mass is 9.86. The molecular formula is C23H30FN3O5. The second-order valence-electron chi connectivity index (χ2n) is 9.00. The quantitative estimate of drug-likeness (QED) is 0.543. The molecule has 0 spiro atoms. The van der Waals surface area contributed by atoms with Crippen LogP contribution in [0.3, 0.4) is 0 Å². The van der Waals surface area contributed by atoms with E-state index in [4.69, 9.17) is 0 Å². The summed E-state index contributed by atoms with van der Waals surface area (Å²) in [5, 5.41) is 25.2. The predicted molar refractivity (Wildman–Crippen MR) is 118 cm³/mol. The van der Waals surface area contributed by atoms with Gasteiger partial charge in [0, 0.05) is 18.4 Å². The van der Waals surface area contributed by atoms with Gasteiger partial charge in [-0.1, -0.05) is 20.8 Å². The third kappa shape index (κ3) is 4.99. The fourth-order valence-corrected chi connectivity index (χ4v) is 3.63. The third-order valence-electron chi connectivity index (χ3n) is 5.54. The van der Waals surface area contributed by atoms with Crippen molar-refractivity contribution in [2.24, 2.45) is 12.5 Å².